The summed E-state index contributed by atoms with van der Waals surface area (Å²) in [4.78, 5) is 27.6. The molecule has 0 spiro atoms. The maximum atomic E-state index is 12.9. The molecule has 216 valence electrons. The van der Waals surface area contributed by atoms with E-state index in [0.29, 0.717) is 23.4 Å². The van der Waals surface area contributed by atoms with E-state index in [4.69, 9.17) is 9.47 Å². The third-order valence-corrected chi connectivity index (χ3v) is 9.31. The first-order chi connectivity index (χ1) is 19.6. The van der Waals surface area contributed by atoms with Crippen molar-refractivity contribution >= 4 is 33.4 Å². The summed E-state index contributed by atoms with van der Waals surface area (Å²) in [5.41, 5.74) is 4.47. The van der Waals surface area contributed by atoms with Crippen LogP contribution >= 0.6 is 0 Å². The lowest BCUT2D eigenvalue weighted by atomic mass is 9.92. The number of nitrogens with one attached hydrogen (secondary N) is 2. The number of sulfonamides is 1. The molecule has 1 atom stereocenters. The zero-order valence-corrected chi connectivity index (χ0v) is 24.3. The van der Waals surface area contributed by atoms with Crippen LogP contribution in [0.5, 0.6) is 5.75 Å². The summed E-state index contributed by atoms with van der Waals surface area (Å²) >= 11 is 0. The molecule has 3 aromatic carbocycles. The normalized spacial score (nSPS) is 16.8. The van der Waals surface area contributed by atoms with E-state index in [1.54, 1.807) is 43.3 Å². The fourth-order valence-electron chi connectivity index (χ4n) is 5.73. The molecule has 41 heavy (non-hydrogen) atoms. The second kappa shape index (κ2) is 11.8. The van der Waals surface area contributed by atoms with E-state index >= 15 is 0 Å². The Morgan fingerprint density at radius 3 is 2.51 bits per heavy atom. The van der Waals surface area contributed by atoms with Crippen molar-refractivity contribution in [1.82, 2.24) is 4.72 Å². The van der Waals surface area contributed by atoms with Gasteiger partial charge in [-0.2, -0.15) is 0 Å². The van der Waals surface area contributed by atoms with Gasteiger partial charge in [-0.25, -0.2) is 17.9 Å². The SMILES string of the molecule is COc1cc(C(=O)NS(=O)(=O)c2ccccc2C)ccc1CC1CN(C)c2ccc(NC(=O)OC3CCCC3)cc21. The first-order valence-electron chi connectivity index (χ1n) is 13.8. The van der Waals surface area contributed by atoms with Gasteiger partial charge < -0.3 is 14.4 Å². The maximum Gasteiger partial charge on any atom is 0.411 e. The third kappa shape index (κ3) is 6.32. The first-order valence-corrected chi connectivity index (χ1v) is 15.3. The molecule has 1 unspecified atom stereocenters. The first kappa shape index (κ1) is 28.5. The van der Waals surface area contributed by atoms with Gasteiger partial charge >= 0.3 is 6.09 Å². The molecule has 0 saturated heterocycles. The maximum absolute atomic E-state index is 12.9. The number of carbonyl (C=O) groups is 2. The number of methoxy groups -OCH3 is 1. The second-order valence-electron chi connectivity index (χ2n) is 10.7. The van der Waals surface area contributed by atoms with Crippen LogP contribution in [0.15, 0.2) is 65.6 Å². The average molecular weight is 578 g/mol. The zero-order chi connectivity index (χ0) is 29.1. The third-order valence-electron chi connectivity index (χ3n) is 7.82. The van der Waals surface area contributed by atoms with E-state index in [2.05, 4.69) is 14.9 Å². The highest BCUT2D eigenvalue weighted by Crippen LogP contribution is 2.40. The van der Waals surface area contributed by atoms with Crippen LogP contribution in [-0.4, -0.2) is 47.2 Å². The van der Waals surface area contributed by atoms with Gasteiger partial charge in [-0.1, -0.05) is 24.3 Å². The molecule has 9 nitrogen and oxygen atoms in total. The van der Waals surface area contributed by atoms with Crippen molar-refractivity contribution in [3.8, 4) is 5.75 Å². The minimum atomic E-state index is -4.03. The predicted molar refractivity (Wildman–Crippen MR) is 157 cm³/mol. The van der Waals surface area contributed by atoms with Crippen molar-refractivity contribution in [3.05, 3.63) is 82.9 Å². The molecule has 3 aromatic rings. The highest BCUT2D eigenvalue weighted by Gasteiger charge is 2.29. The van der Waals surface area contributed by atoms with Crippen molar-refractivity contribution in [2.45, 2.75) is 55.9 Å². The van der Waals surface area contributed by atoms with Crippen LogP contribution in [0.1, 0.15) is 58.6 Å². The molecular weight excluding hydrogens is 542 g/mol. The summed E-state index contributed by atoms with van der Waals surface area (Å²) < 4.78 is 39.0. The van der Waals surface area contributed by atoms with E-state index in [-0.39, 0.29) is 22.5 Å². The molecule has 1 aliphatic carbocycles. The van der Waals surface area contributed by atoms with E-state index in [9.17, 15) is 18.0 Å². The number of hydrogen-bond donors (Lipinski definition) is 2. The topological polar surface area (TPSA) is 114 Å². The molecule has 1 aliphatic heterocycles. The summed E-state index contributed by atoms with van der Waals surface area (Å²) in [6.07, 6.45) is 4.19. The fraction of sp³-hybridized carbons (Fsp3) is 0.355. The van der Waals surface area contributed by atoms with E-state index in [1.165, 1.54) is 13.2 Å². The van der Waals surface area contributed by atoms with Crippen LogP contribution in [0.25, 0.3) is 0 Å². The summed E-state index contributed by atoms with van der Waals surface area (Å²) in [5, 5.41) is 2.88. The number of anilines is 2. The van der Waals surface area contributed by atoms with Gasteiger partial charge in [0.05, 0.1) is 12.0 Å². The fourth-order valence-corrected chi connectivity index (χ4v) is 6.95. The number of rotatable bonds is 8. The lowest BCUT2D eigenvalue weighted by Gasteiger charge is -2.16. The number of aryl methyl sites for hydroxylation is 1. The van der Waals surface area contributed by atoms with Crippen LogP contribution in [0.3, 0.4) is 0 Å². The minimum Gasteiger partial charge on any atom is -0.496 e. The molecule has 1 fully saturated rings. The summed E-state index contributed by atoms with van der Waals surface area (Å²) in [6.45, 7) is 2.45. The molecular formula is C31H35N3O6S. The smallest absolute Gasteiger partial charge is 0.411 e. The number of hydrogen-bond acceptors (Lipinski definition) is 7. The van der Waals surface area contributed by atoms with Gasteiger partial charge in [-0.05, 0) is 92.1 Å². The van der Waals surface area contributed by atoms with E-state index in [1.807, 2.05) is 25.2 Å². The summed E-state index contributed by atoms with van der Waals surface area (Å²) in [6, 6.07) is 17.3. The zero-order valence-electron chi connectivity index (χ0n) is 23.5. The Morgan fingerprint density at radius 2 is 1.78 bits per heavy atom. The van der Waals surface area contributed by atoms with Crippen LogP contribution in [0.4, 0.5) is 16.2 Å². The summed E-state index contributed by atoms with van der Waals surface area (Å²) in [7, 11) is -0.478. The van der Waals surface area contributed by atoms with Gasteiger partial charge in [0.15, 0.2) is 0 Å². The van der Waals surface area contributed by atoms with Gasteiger partial charge in [0.25, 0.3) is 15.9 Å². The molecule has 0 radical (unpaired) electrons. The number of amides is 2. The number of likely N-dealkylation sites (N-methyl/N-ethyl adjacent to an activating group) is 1. The van der Waals surface area contributed by atoms with Gasteiger partial charge in [0.1, 0.15) is 11.9 Å². The van der Waals surface area contributed by atoms with E-state index in [0.717, 1.165) is 49.0 Å². The average Bonchev–Trinajstić information content (AvgIpc) is 3.56. The Hall–Kier alpha value is -4.05. The molecule has 2 N–H and O–H groups in total. The minimum absolute atomic E-state index is 0.0107. The van der Waals surface area contributed by atoms with Crippen LogP contribution in [0.2, 0.25) is 0 Å². The van der Waals surface area contributed by atoms with Crippen molar-refractivity contribution < 1.29 is 27.5 Å². The largest absolute Gasteiger partial charge is 0.496 e. The number of carbonyl (C=O) groups excluding carboxylic acids is 2. The van der Waals surface area contributed by atoms with E-state index < -0.39 is 22.0 Å². The molecule has 1 heterocycles. The predicted octanol–water partition coefficient (Wildman–Crippen LogP) is 5.39. The molecule has 0 aromatic heterocycles. The van der Waals surface area contributed by atoms with Crippen LogP contribution in [0, 0.1) is 6.92 Å². The summed E-state index contributed by atoms with van der Waals surface area (Å²) in [5.74, 6) is -0.127. The van der Waals surface area contributed by atoms with Crippen LogP contribution in [-0.2, 0) is 21.2 Å². The van der Waals surface area contributed by atoms with Crippen molar-refractivity contribution in [2.75, 3.05) is 30.9 Å². The van der Waals surface area contributed by atoms with Crippen molar-refractivity contribution in [1.29, 1.82) is 0 Å². The lowest BCUT2D eigenvalue weighted by molar-refractivity contribution is 0.0980. The Kier molecular flexibility index (Phi) is 8.21. The molecule has 2 aliphatic rings. The Labute approximate surface area is 240 Å². The Bertz CT molecular complexity index is 1570. The molecule has 0 bridgehead atoms. The number of ether oxygens (including phenoxy) is 2. The standard InChI is InChI=1S/C31H35N3O6S/c1-20-8-4-7-11-29(20)41(37,38)33-30(35)22-13-12-21(28(17-22)39-3)16-23-19-34(2)27-15-14-24(18-26(23)27)32-31(36)40-25-9-5-6-10-25/h4,7-8,11-15,17-18,23,25H,5-6,9-10,16,19H2,1-3H3,(H,32,36)(H,33,35). The second-order valence-corrected chi connectivity index (χ2v) is 12.4. The number of nitrogens with zero attached hydrogens (tertiary/aromatic N) is 1. The van der Waals surface area contributed by atoms with Gasteiger partial charge in [-0.3, -0.25) is 10.1 Å². The molecule has 2 amide bonds. The van der Waals surface area contributed by atoms with Gasteiger partial charge in [0.2, 0.25) is 0 Å². The van der Waals surface area contributed by atoms with Gasteiger partial charge in [-0.15, -0.1) is 0 Å². The number of benzene rings is 3. The monoisotopic (exact) mass is 577 g/mol. The highest BCUT2D eigenvalue weighted by atomic mass is 32.2. The number of fused-ring (bicyclic) bond motifs is 1. The highest BCUT2D eigenvalue weighted by molar-refractivity contribution is 7.90. The van der Waals surface area contributed by atoms with Crippen molar-refractivity contribution in [2.24, 2.45) is 0 Å². The Balaban J connectivity index is 1.31. The Morgan fingerprint density at radius 1 is 1.02 bits per heavy atom. The molecule has 5 rings (SSSR count). The van der Waals surface area contributed by atoms with Crippen molar-refractivity contribution in [3.63, 3.8) is 0 Å². The molecule has 10 heteroatoms. The molecule has 1 saturated carbocycles. The quantitative estimate of drug-likeness (QED) is 0.369. The lowest BCUT2D eigenvalue weighted by Crippen LogP contribution is -2.31. The van der Waals surface area contributed by atoms with Gasteiger partial charge in [0, 0.05) is 36.4 Å². The van der Waals surface area contributed by atoms with Crippen LogP contribution < -0.4 is 19.7 Å².